The third-order valence-electron chi connectivity index (χ3n) is 4.79. The Kier molecular flexibility index (Phi) is 4.31. The average molecular weight is 344 g/mol. The molecule has 0 saturated carbocycles. The number of aryl methyl sites for hydroxylation is 1. The van der Waals surface area contributed by atoms with E-state index in [0.29, 0.717) is 24.3 Å². The Morgan fingerprint density at radius 3 is 2.72 bits per heavy atom. The van der Waals surface area contributed by atoms with Gasteiger partial charge < -0.3 is 4.90 Å². The van der Waals surface area contributed by atoms with Crippen molar-refractivity contribution in [3.05, 3.63) is 46.9 Å². The fourth-order valence-corrected chi connectivity index (χ4v) is 3.27. The van der Waals surface area contributed by atoms with E-state index in [1.165, 1.54) is 6.07 Å². The highest BCUT2D eigenvalue weighted by atomic mass is 19.1. The first-order chi connectivity index (χ1) is 11.7. The molecule has 0 bridgehead atoms. The van der Waals surface area contributed by atoms with E-state index < -0.39 is 0 Å². The van der Waals surface area contributed by atoms with E-state index in [9.17, 15) is 9.18 Å². The minimum atomic E-state index is -0.305. The first-order valence-electron chi connectivity index (χ1n) is 8.58. The summed E-state index contributed by atoms with van der Waals surface area (Å²) in [4.78, 5) is 14.4. The summed E-state index contributed by atoms with van der Waals surface area (Å²) in [5.74, 6) is 0.388. The maximum atomic E-state index is 14.2. The highest BCUT2D eigenvalue weighted by Gasteiger charge is 2.30. The number of aromatic nitrogens is 2. The van der Waals surface area contributed by atoms with Crippen molar-refractivity contribution in [1.29, 1.82) is 0 Å². The van der Waals surface area contributed by atoms with Crippen molar-refractivity contribution in [2.45, 2.75) is 45.6 Å². The summed E-state index contributed by atoms with van der Waals surface area (Å²) < 4.78 is 15.9. The summed E-state index contributed by atoms with van der Waals surface area (Å²) in [5, 5.41) is 7.39. The van der Waals surface area contributed by atoms with Gasteiger partial charge in [-0.1, -0.05) is 32.9 Å². The fraction of sp³-hybridized carbons (Fsp3) is 0.474. The van der Waals surface area contributed by atoms with Gasteiger partial charge in [0.15, 0.2) is 0 Å². The summed E-state index contributed by atoms with van der Waals surface area (Å²) in [6, 6.07) is 6.46. The van der Waals surface area contributed by atoms with Gasteiger partial charge in [-0.05, 0) is 25.0 Å². The van der Waals surface area contributed by atoms with Gasteiger partial charge in [-0.2, -0.15) is 5.10 Å². The minimum Gasteiger partial charge on any atom is -0.317 e. The number of nitrogens with one attached hydrogen (secondary N) is 1. The van der Waals surface area contributed by atoms with Crippen LogP contribution in [-0.4, -0.2) is 27.3 Å². The summed E-state index contributed by atoms with van der Waals surface area (Å²) in [6.45, 7) is 8.66. The molecule has 0 fully saturated rings. The molecule has 0 aliphatic carbocycles. The van der Waals surface area contributed by atoms with Crippen LogP contribution < -0.4 is 5.32 Å². The molecule has 3 rings (SSSR count). The van der Waals surface area contributed by atoms with Crippen molar-refractivity contribution in [2.75, 3.05) is 11.9 Å². The predicted octanol–water partition coefficient (Wildman–Crippen LogP) is 4.01. The van der Waals surface area contributed by atoms with Crippen molar-refractivity contribution >= 4 is 11.8 Å². The molecule has 1 aliphatic rings. The van der Waals surface area contributed by atoms with Gasteiger partial charge >= 0.3 is 6.03 Å². The number of amides is 2. The molecule has 2 aromatic rings. The summed E-state index contributed by atoms with van der Waals surface area (Å²) in [7, 11) is 1.81. The van der Waals surface area contributed by atoms with Crippen LogP contribution in [-0.2, 0) is 18.9 Å². The third kappa shape index (κ3) is 3.25. The summed E-state index contributed by atoms with van der Waals surface area (Å²) in [6.07, 6.45) is 0.656. The number of hydrogen-bond acceptors (Lipinski definition) is 2. The molecule has 1 unspecified atom stereocenters. The average Bonchev–Trinajstić information content (AvgIpc) is 2.88. The minimum absolute atomic E-state index is 0.0960. The maximum absolute atomic E-state index is 14.2. The van der Waals surface area contributed by atoms with Gasteiger partial charge in [-0.3, -0.25) is 10.00 Å². The molecule has 6 heteroatoms. The second-order valence-electron chi connectivity index (χ2n) is 7.65. The van der Waals surface area contributed by atoms with E-state index in [1.807, 2.05) is 19.1 Å². The van der Waals surface area contributed by atoms with E-state index in [2.05, 4.69) is 31.2 Å². The molecule has 134 valence electrons. The molecule has 2 amide bonds. The number of carbonyl (C=O) groups excluding carboxylic acids is 1. The number of rotatable bonds is 1. The highest BCUT2D eigenvalue weighted by molar-refractivity contribution is 5.89. The Hall–Kier alpha value is -2.37. The smallest absolute Gasteiger partial charge is 0.317 e. The van der Waals surface area contributed by atoms with Gasteiger partial charge in [0.25, 0.3) is 0 Å². The topological polar surface area (TPSA) is 50.2 Å². The Morgan fingerprint density at radius 1 is 1.36 bits per heavy atom. The first-order valence-corrected chi connectivity index (χ1v) is 8.58. The number of nitrogens with zero attached hydrogens (tertiary/aromatic N) is 3. The number of urea groups is 1. The van der Waals surface area contributed by atoms with Gasteiger partial charge in [0.2, 0.25) is 0 Å². The maximum Gasteiger partial charge on any atom is 0.323 e. The molecule has 1 aromatic heterocycles. The molecular formula is C19H25FN4O. The number of benzene rings is 1. The van der Waals surface area contributed by atoms with E-state index in [0.717, 1.165) is 11.3 Å². The Balaban J connectivity index is 1.81. The van der Waals surface area contributed by atoms with Crippen LogP contribution in [0.15, 0.2) is 24.3 Å². The zero-order valence-electron chi connectivity index (χ0n) is 15.4. The van der Waals surface area contributed by atoms with Crippen molar-refractivity contribution in [3.63, 3.8) is 0 Å². The van der Waals surface area contributed by atoms with Crippen molar-refractivity contribution in [2.24, 2.45) is 7.05 Å². The predicted molar refractivity (Wildman–Crippen MR) is 96.2 cm³/mol. The first kappa shape index (κ1) is 17.5. The lowest BCUT2D eigenvalue weighted by Gasteiger charge is -2.35. The second kappa shape index (κ2) is 6.17. The molecule has 1 atom stereocenters. The van der Waals surface area contributed by atoms with Crippen LogP contribution in [0.4, 0.5) is 15.0 Å². The number of fused-ring (bicyclic) bond motifs is 1. The molecule has 25 heavy (non-hydrogen) atoms. The molecule has 5 nitrogen and oxygen atoms in total. The molecule has 0 spiro atoms. The zero-order chi connectivity index (χ0) is 18.4. The zero-order valence-corrected chi connectivity index (χ0v) is 15.4. The van der Waals surface area contributed by atoms with Crippen LogP contribution in [0.2, 0.25) is 0 Å². The van der Waals surface area contributed by atoms with E-state index in [-0.39, 0.29) is 23.3 Å². The SMILES string of the molecule is CC1c2c(F)cccc2CCN1C(=O)Nc1cc(C(C)(C)C)nn1C. The summed E-state index contributed by atoms with van der Waals surface area (Å²) >= 11 is 0. The number of hydrogen-bond donors (Lipinski definition) is 1. The number of anilines is 1. The Labute approximate surface area is 147 Å². The van der Waals surface area contributed by atoms with Crippen LogP contribution in [0.25, 0.3) is 0 Å². The monoisotopic (exact) mass is 344 g/mol. The van der Waals surface area contributed by atoms with Crippen LogP contribution in [0.1, 0.15) is 50.6 Å². The lowest BCUT2D eigenvalue weighted by molar-refractivity contribution is 0.186. The van der Waals surface area contributed by atoms with Gasteiger partial charge in [-0.25, -0.2) is 9.18 Å². The van der Waals surface area contributed by atoms with Crippen LogP contribution >= 0.6 is 0 Å². The molecule has 2 heterocycles. The molecule has 0 radical (unpaired) electrons. The van der Waals surface area contributed by atoms with Gasteiger partial charge in [-0.15, -0.1) is 0 Å². The molecular weight excluding hydrogens is 319 g/mol. The Morgan fingerprint density at radius 2 is 2.08 bits per heavy atom. The molecule has 1 aliphatic heterocycles. The van der Waals surface area contributed by atoms with E-state index >= 15 is 0 Å². The molecule has 1 N–H and O–H groups in total. The molecule has 1 aromatic carbocycles. The lowest BCUT2D eigenvalue weighted by Crippen LogP contribution is -2.42. The quantitative estimate of drug-likeness (QED) is 0.850. The number of halogens is 1. The lowest BCUT2D eigenvalue weighted by atomic mass is 9.92. The van der Waals surface area contributed by atoms with E-state index in [1.54, 1.807) is 22.7 Å². The summed E-state index contributed by atoms with van der Waals surface area (Å²) in [5.41, 5.74) is 2.41. The van der Waals surface area contributed by atoms with E-state index in [4.69, 9.17) is 0 Å². The largest absolute Gasteiger partial charge is 0.323 e. The standard InChI is InChI=1S/C19H25FN4O/c1-12-17-13(7-6-8-14(17)20)9-10-24(12)18(25)21-16-11-15(19(2,3)4)22-23(16)5/h6-8,11-12H,9-10H2,1-5H3,(H,21,25). The van der Waals surface area contributed by atoms with Gasteiger partial charge in [0, 0.05) is 30.6 Å². The number of carbonyl (C=O) groups is 1. The van der Waals surface area contributed by atoms with Crippen LogP contribution in [0.5, 0.6) is 0 Å². The Bertz CT molecular complexity index is 806. The van der Waals surface area contributed by atoms with Crippen molar-refractivity contribution in [1.82, 2.24) is 14.7 Å². The molecule has 0 saturated heterocycles. The van der Waals surface area contributed by atoms with Crippen molar-refractivity contribution in [3.8, 4) is 0 Å². The second-order valence-corrected chi connectivity index (χ2v) is 7.65. The third-order valence-corrected chi connectivity index (χ3v) is 4.79. The van der Waals surface area contributed by atoms with Crippen LogP contribution in [0.3, 0.4) is 0 Å². The highest BCUT2D eigenvalue weighted by Crippen LogP contribution is 2.32. The van der Waals surface area contributed by atoms with Gasteiger partial charge in [0.1, 0.15) is 11.6 Å². The normalized spacial score (nSPS) is 17.4. The fourth-order valence-electron chi connectivity index (χ4n) is 3.27. The van der Waals surface area contributed by atoms with Crippen molar-refractivity contribution < 1.29 is 9.18 Å². The van der Waals surface area contributed by atoms with Crippen LogP contribution in [0, 0.1) is 5.82 Å². The van der Waals surface area contributed by atoms with Gasteiger partial charge in [0.05, 0.1) is 11.7 Å².